The molecule has 0 spiro atoms. The second-order valence-corrected chi connectivity index (χ2v) is 10.9. The second kappa shape index (κ2) is 13.7. The Hall–Kier alpha value is -4.15. The highest BCUT2D eigenvalue weighted by Crippen LogP contribution is 2.38. The third-order valence-corrected chi connectivity index (χ3v) is 8.06. The van der Waals surface area contributed by atoms with Gasteiger partial charge in [-0.25, -0.2) is 17.6 Å². The number of carbonyl (C=O) groups is 1. The predicted molar refractivity (Wildman–Crippen MR) is 158 cm³/mol. The zero-order valence-corrected chi connectivity index (χ0v) is 24.5. The number of anilines is 2. The van der Waals surface area contributed by atoms with E-state index in [4.69, 9.17) is 16.3 Å². The largest absolute Gasteiger partial charge is 0.462 e. The van der Waals surface area contributed by atoms with Crippen LogP contribution in [0.4, 0.5) is 29.1 Å². The molecule has 2 aliphatic heterocycles. The average Bonchev–Trinajstić information content (AvgIpc) is 3.01. The van der Waals surface area contributed by atoms with Crippen molar-refractivity contribution in [2.45, 2.75) is 31.9 Å². The molecular weight excluding hydrogens is 602 g/mol. The van der Waals surface area contributed by atoms with E-state index < -0.39 is 36.6 Å². The van der Waals surface area contributed by atoms with Gasteiger partial charge in [-0.05, 0) is 23.9 Å². The summed E-state index contributed by atoms with van der Waals surface area (Å²) in [6.45, 7) is 4.34. The molecule has 1 atom stereocenters. The van der Waals surface area contributed by atoms with Crippen LogP contribution in [0.25, 0.3) is 10.8 Å². The molecule has 1 N–H and O–H groups in total. The Balaban J connectivity index is 1.47. The van der Waals surface area contributed by atoms with Crippen molar-refractivity contribution < 1.29 is 27.1 Å². The van der Waals surface area contributed by atoms with E-state index in [2.05, 4.69) is 27.9 Å². The van der Waals surface area contributed by atoms with Gasteiger partial charge in [0.15, 0.2) is 5.83 Å². The lowest BCUT2D eigenvalue weighted by Crippen LogP contribution is -2.55. The zero-order valence-electron chi connectivity index (χ0n) is 23.7. The van der Waals surface area contributed by atoms with Crippen LogP contribution in [0.2, 0.25) is 5.02 Å². The van der Waals surface area contributed by atoms with Gasteiger partial charge in [0.2, 0.25) is 0 Å². The van der Waals surface area contributed by atoms with Crippen molar-refractivity contribution in [3.63, 3.8) is 0 Å². The lowest BCUT2D eigenvalue weighted by Gasteiger charge is -2.42. The van der Waals surface area contributed by atoms with Gasteiger partial charge in [-0.2, -0.15) is 15.2 Å². The van der Waals surface area contributed by atoms with Gasteiger partial charge in [-0.3, -0.25) is 4.79 Å². The van der Waals surface area contributed by atoms with E-state index in [0.717, 1.165) is 16.6 Å². The third kappa shape index (κ3) is 6.66. The van der Waals surface area contributed by atoms with E-state index in [9.17, 15) is 27.6 Å². The van der Waals surface area contributed by atoms with Gasteiger partial charge in [0.25, 0.3) is 12.3 Å². The Kier molecular flexibility index (Phi) is 9.71. The fraction of sp³-hybridized carbons (Fsp3) is 0.400. The lowest BCUT2D eigenvalue weighted by molar-refractivity contribution is -0.131. The minimum Gasteiger partial charge on any atom is -0.462 e. The zero-order chi connectivity index (χ0) is 31.4. The molecule has 1 fully saturated rings. The maximum atomic E-state index is 14.5. The van der Waals surface area contributed by atoms with Crippen LogP contribution in [0.3, 0.4) is 0 Å². The fourth-order valence-electron chi connectivity index (χ4n) is 5.65. The molecule has 3 heterocycles. The Bertz CT molecular complexity index is 1600. The van der Waals surface area contributed by atoms with Gasteiger partial charge in [0.1, 0.15) is 18.2 Å². The molecule has 1 aromatic heterocycles. The first-order chi connectivity index (χ1) is 21.2. The average molecular weight is 632 g/mol. The number of hydrogen-bond donors (Lipinski definition) is 1. The molecule has 0 aliphatic carbocycles. The maximum Gasteiger partial charge on any atom is 0.318 e. The first-order valence-corrected chi connectivity index (χ1v) is 14.5. The smallest absolute Gasteiger partial charge is 0.318 e. The molecule has 0 unspecified atom stereocenters. The molecule has 1 amide bonds. The molecule has 2 aliphatic rings. The number of aromatic nitrogens is 2. The van der Waals surface area contributed by atoms with Crippen molar-refractivity contribution in [2.24, 2.45) is 0 Å². The lowest BCUT2D eigenvalue weighted by atomic mass is 10.0. The van der Waals surface area contributed by atoms with Crippen LogP contribution in [0.15, 0.2) is 42.7 Å². The number of amides is 1. The molecule has 2 aromatic carbocycles. The molecular formula is C30H30ClF4N7O2. The van der Waals surface area contributed by atoms with E-state index in [-0.39, 0.29) is 43.7 Å². The van der Waals surface area contributed by atoms with Gasteiger partial charge in [-0.1, -0.05) is 36.4 Å². The van der Waals surface area contributed by atoms with Crippen LogP contribution in [-0.4, -0.2) is 79.1 Å². The van der Waals surface area contributed by atoms with Crippen LogP contribution >= 0.6 is 11.6 Å². The monoisotopic (exact) mass is 631 g/mol. The fourth-order valence-corrected chi connectivity index (χ4v) is 5.92. The summed E-state index contributed by atoms with van der Waals surface area (Å²) < 4.78 is 59.0. The van der Waals surface area contributed by atoms with Crippen LogP contribution in [-0.2, 0) is 17.8 Å². The summed E-state index contributed by atoms with van der Waals surface area (Å²) >= 11 is 6.41. The Morgan fingerprint density at radius 2 is 2.02 bits per heavy atom. The van der Waals surface area contributed by atoms with Gasteiger partial charge in [0.05, 0.1) is 42.3 Å². The number of carbonyl (C=O) groups excluding carboxylic acids is 1. The van der Waals surface area contributed by atoms with Crippen molar-refractivity contribution in [1.29, 1.82) is 5.26 Å². The molecule has 3 aromatic rings. The summed E-state index contributed by atoms with van der Waals surface area (Å²) in [6, 6.07) is 10.1. The first-order valence-electron chi connectivity index (χ1n) is 14.1. The molecule has 0 radical (unpaired) electrons. The van der Waals surface area contributed by atoms with E-state index in [0.29, 0.717) is 43.0 Å². The van der Waals surface area contributed by atoms with Gasteiger partial charge >= 0.3 is 6.01 Å². The van der Waals surface area contributed by atoms with Crippen molar-refractivity contribution in [3.8, 4) is 12.1 Å². The Morgan fingerprint density at radius 1 is 1.20 bits per heavy atom. The molecule has 232 valence electrons. The summed E-state index contributed by atoms with van der Waals surface area (Å²) in [7, 11) is 0. The molecule has 14 heteroatoms. The van der Waals surface area contributed by atoms with Crippen LogP contribution in [0.5, 0.6) is 6.01 Å². The molecule has 9 nitrogen and oxygen atoms in total. The number of nitriles is 1. The number of nitrogens with zero attached hydrogens (tertiary/aromatic N) is 6. The van der Waals surface area contributed by atoms with Gasteiger partial charge < -0.3 is 24.8 Å². The molecule has 44 heavy (non-hydrogen) atoms. The number of nitrogens with one attached hydrogen (secondary N) is 1. The quantitative estimate of drug-likeness (QED) is 0.197. The number of halogens is 5. The molecule has 0 bridgehead atoms. The molecule has 5 rings (SSSR count). The summed E-state index contributed by atoms with van der Waals surface area (Å²) in [4.78, 5) is 27.0. The van der Waals surface area contributed by atoms with Crippen molar-refractivity contribution in [1.82, 2.24) is 20.2 Å². The third-order valence-electron chi connectivity index (χ3n) is 7.69. The van der Waals surface area contributed by atoms with Crippen LogP contribution in [0.1, 0.15) is 17.7 Å². The Morgan fingerprint density at radius 3 is 2.77 bits per heavy atom. The molecule has 0 saturated carbocycles. The second-order valence-electron chi connectivity index (χ2n) is 10.5. The maximum absolute atomic E-state index is 14.5. The van der Waals surface area contributed by atoms with E-state index in [1.165, 1.54) is 11.0 Å². The summed E-state index contributed by atoms with van der Waals surface area (Å²) in [6.07, 6.45) is -2.01. The number of rotatable bonds is 10. The number of piperazine rings is 1. The van der Waals surface area contributed by atoms with Crippen LogP contribution in [0, 0.1) is 17.1 Å². The number of fused-ring (bicyclic) bond motifs is 2. The summed E-state index contributed by atoms with van der Waals surface area (Å²) in [5, 5.41) is 13.4. The van der Waals surface area contributed by atoms with Crippen LogP contribution < -0.4 is 19.9 Å². The highest BCUT2D eigenvalue weighted by molar-refractivity contribution is 6.36. The van der Waals surface area contributed by atoms with E-state index >= 15 is 0 Å². The predicted octanol–water partition coefficient (Wildman–Crippen LogP) is 4.63. The number of benzene rings is 2. The SMILES string of the molecule is C=C(F)C(=O)N1CCN(c2nc(OCCNCC(F)F)nc3c2CCN(c2cccc4ccc(F)c(Cl)c24)C3)C[C@@H]1CC#N. The first kappa shape index (κ1) is 31.3. The number of alkyl halides is 2. The highest BCUT2D eigenvalue weighted by atomic mass is 35.5. The van der Waals surface area contributed by atoms with Crippen molar-refractivity contribution in [2.75, 3.05) is 55.7 Å². The normalized spacial score (nSPS) is 16.7. The van der Waals surface area contributed by atoms with Crippen molar-refractivity contribution >= 4 is 39.8 Å². The minimum atomic E-state index is -2.50. The van der Waals surface area contributed by atoms with Crippen molar-refractivity contribution in [3.05, 3.63) is 64.8 Å². The summed E-state index contributed by atoms with van der Waals surface area (Å²) in [5.41, 5.74) is 2.23. The van der Waals surface area contributed by atoms with E-state index in [1.807, 2.05) is 28.0 Å². The standard InChI is InChI=1S/C30H30ClF4N7O2/c1-18(32)29(43)42-13-12-41(16-20(42)7-9-36)28-21-8-11-40(24-4-2-3-19-5-6-22(33)27(31)26(19)24)17-23(21)38-30(39-28)44-14-10-37-15-25(34)35/h2-6,20,25,37H,1,7-8,10-17H2/t20-/m0/s1. The topological polar surface area (TPSA) is 97.6 Å². The number of ether oxygens (including phenoxy) is 1. The number of hydrogen-bond acceptors (Lipinski definition) is 8. The van der Waals surface area contributed by atoms with Gasteiger partial charge in [0, 0.05) is 49.4 Å². The van der Waals surface area contributed by atoms with Gasteiger partial charge in [-0.15, -0.1) is 0 Å². The minimum absolute atomic E-state index is 0.0197. The summed E-state index contributed by atoms with van der Waals surface area (Å²) in [5.74, 6) is -1.91. The molecule has 1 saturated heterocycles. The highest BCUT2D eigenvalue weighted by Gasteiger charge is 2.35. The van der Waals surface area contributed by atoms with E-state index in [1.54, 1.807) is 6.07 Å². The Labute approximate surface area is 256 Å².